The summed E-state index contributed by atoms with van der Waals surface area (Å²) >= 11 is 14.3. The van der Waals surface area contributed by atoms with E-state index in [1.807, 2.05) is 0 Å². The first-order valence-electron chi connectivity index (χ1n) is 9.06. The van der Waals surface area contributed by atoms with E-state index in [2.05, 4.69) is 20.3 Å². The number of esters is 1. The molecule has 0 radical (unpaired) electrons. The lowest BCUT2D eigenvalue weighted by Gasteiger charge is -2.24. The van der Waals surface area contributed by atoms with Crippen molar-refractivity contribution in [1.29, 1.82) is 0 Å². The molecular weight excluding hydrogens is 531 g/mol. The Morgan fingerprint density at radius 1 is 1.15 bits per heavy atom. The monoisotopic (exact) mass is 546 g/mol. The summed E-state index contributed by atoms with van der Waals surface area (Å²) in [6.07, 6.45) is 0. The summed E-state index contributed by atoms with van der Waals surface area (Å²) in [5.41, 5.74) is 0.0895. The van der Waals surface area contributed by atoms with Gasteiger partial charge in [-0.05, 0) is 30.3 Å². The Bertz CT molecular complexity index is 1260. The number of thioether (sulfide) groups is 1. The fourth-order valence-electron chi connectivity index (χ4n) is 2.49. The number of halogens is 2. The molecule has 174 valence electrons. The minimum absolute atomic E-state index is 0.0128. The molecule has 0 saturated heterocycles. The Balaban J connectivity index is 1.83. The molecule has 1 amide bonds. The molecule has 9 nitrogen and oxygen atoms in total. The number of aromatic nitrogens is 2. The largest absolute Gasteiger partial charge is 0.468 e. The van der Waals surface area contributed by atoms with Gasteiger partial charge in [0.2, 0.25) is 11.0 Å². The second kappa shape index (κ2) is 11.2. The van der Waals surface area contributed by atoms with Crippen molar-refractivity contribution in [3.8, 4) is 0 Å². The van der Waals surface area contributed by atoms with Crippen LogP contribution in [0.15, 0.2) is 57.8 Å². The zero-order valence-electron chi connectivity index (χ0n) is 16.9. The number of ether oxygens (including phenoxy) is 1. The van der Waals surface area contributed by atoms with Crippen LogP contribution in [0.1, 0.15) is 0 Å². The minimum atomic E-state index is -4.14. The van der Waals surface area contributed by atoms with Gasteiger partial charge in [-0.3, -0.25) is 19.2 Å². The maximum Gasteiger partial charge on any atom is 0.316 e. The minimum Gasteiger partial charge on any atom is -0.468 e. The van der Waals surface area contributed by atoms with Crippen LogP contribution in [-0.2, 0) is 24.3 Å². The van der Waals surface area contributed by atoms with Gasteiger partial charge < -0.3 is 4.74 Å². The van der Waals surface area contributed by atoms with Crippen LogP contribution in [0.25, 0.3) is 0 Å². The Hall–Kier alpha value is -2.38. The number of rotatable bonds is 9. The highest BCUT2D eigenvalue weighted by atomic mass is 35.5. The number of methoxy groups -OCH3 is 1. The molecule has 0 bridgehead atoms. The van der Waals surface area contributed by atoms with E-state index in [-0.39, 0.29) is 26.5 Å². The predicted molar refractivity (Wildman–Crippen MR) is 129 cm³/mol. The fraction of sp³-hybridized carbons (Fsp3) is 0.158. The van der Waals surface area contributed by atoms with Gasteiger partial charge in [0.15, 0.2) is 4.34 Å². The second-order valence-corrected chi connectivity index (χ2v) is 11.1. The summed E-state index contributed by atoms with van der Waals surface area (Å²) in [4.78, 5) is 24.0. The summed E-state index contributed by atoms with van der Waals surface area (Å²) in [5, 5.41) is 10.8. The highest BCUT2D eigenvalue weighted by Gasteiger charge is 2.29. The van der Waals surface area contributed by atoms with E-state index in [9.17, 15) is 18.0 Å². The predicted octanol–water partition coefficient (Wildman–Crippen LogP) is 3.94. The number of nitrogens with zero attached hydrogens (tertiary/aromatic N) is 3. The molecule has 0 unspecified atom stereocenters. The number of nitrogens with one attached hydrogen (secondary N) is 1. The SMILES string of the molecule is COC(=O)CSc1nnc(NC(=O)CN(c2ccc(Cl)cc2Cl)S(=O)(=O)c2ccccc2)s1. The van der Waals surface area contributed by atoms with Crippen molar-refractivity contribution in [2.45, 2.75) is 9.24 Å². The maximum absolute atomic E-state index is 13.3. The van der Waals surface area contributed by atoms with Crippen molar-refractivity contribution in [3.05, 3.63) is 58.6 Å². The zero-order chi connectivity index (χ0) is 24.0. The van der Waals surface area contributed by atoms with Crippen molar-refractivity contribution in [1.82, 2.24) is 10.2 Å². The summed E-state index contributed by atoms with van der Waals surface area (Å²) in [7, 11) is -2.86. The van der Waals surface area contributed by atoms with Gasteiger partial charge in [0.1, 0.15) is 6.54 Å². The van der Waals surface area contributed by atoms with Gasteiger partial charge >= 0.3 is 5.97 Å². The Labute approximate surface area is 208 Å². The van der Waals surface area contributed by atoms with Crippen LogP contribution in [0, 0.1) is 0 Å². The first kappa shape index (κ1) is 25.2. The lowest BCUT2D eigenvalue weighted by Crippen LogP contribution is -2.38. The van der Waals surface area contributed by atoms with Gasteiger partial charge in [-0.1, -0.05) is 64.5 Å². The molecule has 0 fully saturated rings. The van der Waals surface area contributed by atoms with E-state index in [1.165, 1.54) is 37.4 Å². The van der Waals surface area contributed by atoms with Crippen molar-refractivity contribution in [2.75, 3.05) is 29.0 Å². The number of sulfonamides is 1. The van der Waals surface area contributed by atoms with E-state index < -0.39 is 28.4 Å². The molecule has 0 aliphatic rings. The average molecular weight is 547 g/mol. The molecule has 0 atom stereocenters. The van der Waals surface area contributed by atoms with Crippen molar-refractivity contribution in [2.24, 2.45) is 0 Å². The third-order valence-electron chi connectivity index (χ3n) is 3.99. The fourth-order valence-corrected chi connectivity index (χ4v) is 6.11. The third kappa shape index (κ3) is 6.58. The molecule has 1 heterocycles. The number of anilines is 2. The van der Waals surface area contributed by atoms with Crippen LogP contribution in [0.4, 0.5) is 10.8 Å². The Kier molecular flexibility index (Phi) is 8.54. The van der Waals surface area contributed by atoms with Crippen LogP contribution in [0.3, 0.4) is 0 Å². The van der Waals surface area contributed by atoms with Gasteiger partial charge in [0, 0.05) is 5.02 Å². The van der Waals surface area contributed by atoms with E-state index in [0.717, 1.165) is 27.4 Å². The van der Waals surface area contributed by atoms with Gasteiger partial charge in [-0.15, -0.1) is 10.2 Å². The van der Waals surface area contributed by atoms with Gasteiger partial charge in [0.05, 0.1) is 28.5 Å². The van der Waals surface area contributed by atoms with Crippen LogP contribution in [0.2, 0.25) is 10.0 Å². The third-order valence-corrected chi connectivity index (χ3v) is 8.25. The molecule has 3 aromatic rings. The molecule has 1 N–H and O–H groups in total. The highest BCUT2D eigenvalue weighted by Crippen LogP contribution is 2.33. The Morgan fingerprint density at radius 2 is 1.88 bits per heavy atom. The number of carbonyl (C=O) groups is 2. The molecular formula is C19H16Cl2N4O5S3. The molecule has 0 saturated carbocycles. The Morgan fingerprint density at radius 3 is 2.55 bits per heavy atom. The molecule has 0 spiro atoms. The van der Waals surface area contributed by atoms with E-state index in [4.69, 9.17) is 23.2 Å². The highest BCUT2D eigenvalue weighted by molar-refractivity contribution is 8.01. The summed E-state index contributed by atoms with van der Waals surface area (Å²) in [6.45, 7) is -0.581. The number of carbonyl (C=O) groups excluding carboxylic acids is 2. The van der Waals surface area contributed by atoms with Crippen molar-refractivity contribution >= 4 is 79.0 Å². The first-order chi connectivity index (χ1) is 15.7. The average Bonchev–Trinajstić information content (AvgIpc) is 3.24. The quantitative estimate of drug-likeness (QED) is 0.243. The lowest BCUT2D eigenvalue weighted by molar-refractivity contribution is -0.137. The zero-order valence-corrected chi connectivity index (χ0v) is 20.9. The standard InChI is InChI=1S/C19H16Cl2N4O5S3/c1-30-17(27)11-31-19-24-23-18(32-19)22-16(26)10-25(15-8-7-12(20)9-14(15)21)33(28,29)13-5-3-2-4-6-13/h2-9H,10-11H2,1H3,(H,22,23,26). The number of benzene rings is 2. The summed E-state index contributed by atoms with van der Waals surface area (Å²) in [5.74, 6) is -1.05. The molecule has 0 aliphatic carbocycles. The van der Waals surface area contributed by atoms with E-state index in [1.54, 1.807) is 18.2 Å². The van der Waals surface area contributed by atoms with Gasteiger partial charge in [0.25, 0.3) is 10.0 Å². The normalized spacial score (nSPS) is 11.1. The topological polar surface area (TPSA) is 119 Å². The van der Waals surface area contributed by atoms with E-state index >= 15 is 0 Å². The van der Waals surface area contributed by atoms with Crippen molar-refractivity contribution in [3.63, 3.8) is 0 Å². The smallest absolute Gasteiger partial charge is 0.316 e. The van der Waals surface area contributed by atoms with Crippen LogP contribution >= 0.6 is 46.3 Å². The number of hydrogen-bond donors (Lipinski definition) is 1. The maximum atomic E-state index is 13.3. The number of hydrogen-bond acceptors (Lipinski definition) is 9. The van der Waals surface area contributed by atoms with Gasteiger partial charge in [-0.25, -0.2) is 8.42 Å². The van der Waals surface area contributed by atoms with Crippen LogP contribution < -0.4 is 9.62 Å². The van der Waals surface area contributed by atoms with Crippen LogP contribution in [-0.4, -0.2) is 49.9 Å². The molecule has 2 aromatic carbocycles. The molecule has 0 aliphatic heterocycles. The second-order valence-electron chi connectivity index (χ2n) is 6.21. The molecule has 3 rings (SSSR count). The summed E-state index contributed by atoms with van der Waals surface area (Å²) in [6, 6.07) is 11.9. The lowest BCUT2D eigenvalue weighted by atomic mass is 10.3. The van der Waals surface area contributed by atoms with E-state index in [0.29, 0.717) is 9.36 Å². The number of amides is 1. The van der Waals surface area contributed by atoms with Gasteiger partial charge in [-0.2, -0.15) is 0 Å². The summed E-state index contributed by atoms with van der Waals surface area (Å²) < 4.78 is 32.5. The molecule has 14 heteroatoms. The molecule has 1 aromatic heterocycles. The first-order valence-corrected chi connectivity index (χ1v) is 13.1. The van der Waals surface area contributed by atoms with Crippen molar-refractivity contribution < 1.29 is 22.7 Å². The molecule has 33 heavy (non-hydrogen) atoms. The van der Waals surface area contributed by atoms with Crippen LogP contribution in [0.5, 0.6) is 0 Å².